The van der Waals surface area contributed by atoms with E-state index >= 15 is 0 Å². The van der Waals surface area contributed by atoms with Gasteiger partial charge in [0.05, 0.1) is 12.2 Å². The summed E-state index contributed by atoms with van der Waals surface area (Å²) in [6, 6.07) is 0. The van der Waals surface area contributed by atoms with Crippen LogP contribution in [0.3, 0.4) is 0 Å². The Labute approximate surface area is 106 Å². The van der Waals surface area contributed by atoms with Gasteiger partial charge in [0.1, 0.15) is 0 Å². The maximum Gasteiger partial charge on any atom is 0.0678 e. The van der Waals surface area contributed by atoms with E-state index in [1.807, 2.05) is 0 Å². The molecule has 2 rings (SSSR count). The van der Waals surface area contributed by atoms with Crippen LogP contribution in [0, 0.1) is 11.3 Å². The molecule has 100 valence electrons. The monoisotopic (exact) mass is 240 g/mol. The van der Waals surface area contributed by atoms with E-state index in [1.165, 1.54) is 26.1 Å². The van der Waals surface area contributed by atoms with Gasteiger partial charge in [0.2, 0.25) is 0 Å². The van der Waals surface area contributed by atoms with Gasteiger partial charge in [0.15, 0.2) is 0 Å². The second-order valence-corrected chi connectivity index (χ2v) is 6.40. The average Bonchev–Trinajstić information content (AvgIpc) is 2.65. The van der Waals surface area contributed by atoms with Gasteiger partial charge < -0.3 is 10.1 Å². The summed E-state index contributed by atoms with van der Waals surface area (Å²) in [7, 11) is 0. The number of nitrogens with zero attached hydrogens (tertiary/aromatic N) is 1. The molecule has 0 spiro atoms. The first-order chi connectivity index (χ1) is 8.02. The van der Waals surface area contributed by atoms with E-state index in [-0.39, 0.29) is 0 Å². The van der Waals surface area contributed by atoms with Crippen molar-refractivity contribution in [1.82, 2.24) is 10.2 Å². The van der Waals surface area contributed by atoms with Gasteiger partial charge in [-0.05, 0) is 38.1 Å². The maximum atomic E-state index is 5.82. The van der Waals surface area contributed by atoms with Crippen molar-refractivity contribution in [3.05, 3.63) is 0 Å². The SMILES string of the molecule is CC1CN(CC2(C(C)C)CCNC2)CC(C)O1. The fraction of sp³-hybridized carbons (Fsp3) is 1.00. The number of morpholine rings is 1. The quantitative estimate of drug-likeness (QED) is 0.813. The normalized spacial score (nSPS) is 40.1. The van der Waals surface area contributed by atoms with Crippen molar-refractivity contribution in [2.45, 2.75) is 46.3 Å². The molecule has 3 atom stereocenters. The summed E-state index contributed by atoms with van der Waals surface area (Å²) in [6.07, 6.45) is 2.10. The lowest BCUT2D eigenvalue weighted by atomic mass is 9.76. The highest BCUT2D eigenvalue weighted by molar-refractivity contribution is 4.93. The highest BCUT2D eigenvalue weighted by Gasteiger charge is 2.39. The third kappa shape index (κ3) is 3.01. The molecule has 0 aromatic carbocycles. The first-order valence-electron chi connectivity index (χ1n) is 7.10. The number of hydrogen-bond acceptors (Lipinski definition) is 3. The Balaban J connectivity index is 1.98. The lowest BCUT2D eigenvalue weighted by Gasteiger charge is -2.42. The van der Waals surface area contributed by atoms with Crippen LogP contribution in [-0.4, -0.2) is 49.8 Å². The van der Waals surface area contributed by atoms with Gasteiger partial charge in [-0.25, -0.2) is 0 Å². The van der Waals surface area contributed by atoms with E-state index in [0.717, 1.165) is 19.0 Å². The molecule has 0 saturated carbocycles. The fourth-order valence-corrected chi connectivity index (χ4v) is 3.43. The Morgan fingerprint density at radius 1 is 1.29 bits per heavy atom. The first-order valence-corrected chi connectivity index (χ1v) is 7.10. The van der Waals surface area contributed by atoms with Crippen molar-refractivity contribution in [3.63, 3.8) is 0 Å². The standard InChI is InChI=1S/C14H28N2O/c1-11(2)14(5-6-15-9-14)10-16-7-12(3)17-13(4)8-16/h11-13,15H,5-10H2,1-4H3. The van der Waals surface area contributed by atoms with Gasteiger partial charge in [-0.2, -0.15) is 0 Å². The number of nitrogens with one attached hydrogen (secondary N) is 1. The van der Waals surface area contributed by atoms with E-state index in [2.05, 4.69) is 37.9 Å². The van der Waals surface area contributed by atoms with Gasteiger partial charge in [0.25, 0.3) is 0 Å². The molecule has 0 bridgehead atoms. The van der Waals surface area contributed by atoms with Crippen LogP contribution in [-0.2, 0) is 4.74 Å². The molecule has 0 amide bonds. The minimum absolute atomic E-state index is 0.386. The van der Waals surface area contributed by atoms with E-state index in [9.17, 15) is 0 Å². The molecule has 3 nitrogen and oxygen atoms in total. The minimum atomic E-state index is 0.386. The maximum absolute atomic E-state index is 5.82. The van der Waals surface area contributed by atoms with Gasteiger partial charge in [-0.1, -0.05) is 13.8 Å². The van der Waals surface area contributed by atoms with Crippen LogP contribution in [0.5, 0.6) is 0 Å². The average molecular weight is 240 g/mol. The molecule has 2 saturated heterocycles. The molecule has 0 aromatic rings. The molecule has 1 N–H and O–H groups in total. The number of hydrogen-bond donors (Lipinski definition) is 1. The van der Waals surface area contributed by atoms with E-state index < -0.39 is 0 Å². The topological polar surface area (TPSA) is 24.5 Å². The van der Waals surface area contributed by atoms with Crippen LogP contribution in [0.15, 0.2) is 0 Å². The highest BCUT2D eigenvalue weighted by atomic mass is 16.5. The smallest absolute Gasteiger partial charge is 0.0678 e. The Morgan fingerprint density at radius 2 is 1.94 bits per heavy atom. The largest absolute Gasteiger partial charge is 0.373 e. The summed E-state index contributed by atoms with van der Waals surface area (Å²) in [5, 5.41) is 3.55. The molecule has 17 heavy (non-hydrogen) atoms. The van der Waals surface area contributed by atoms with E-state index in [1.54, 1.807) is 0 Å². The van der Waals surface area contributed by atoms with Gasteiger partial charge in [-0.3, -0.25) is 4.90 Å². The lowest BCUT2D eigenvalue weighted by molar-refractivity contribution is -0.0797. The molecule has 2 aliphatic heterocycles. The van der Waals surface area contributed by atoms with E-state index in [4.69, 9.17) is 4.74 Å². The predicted molar refractivity (Wildman–Crippen MR) is 71.2 cm³/mol. The van der Waals surface area contributed by atoms with Crippen molar-refractivity contribution in [2.75, 3.05) is 32.7 Å². The van der Waals surface area contributed by atoms with Crippen LogP contribution in [0.4, 0.5) is 0 Å². The molecule has 2 heterocycles. The molecule has 2 aliphatic rings. The summed E-state index contributed by atoms with van der Waals surface area (Å²) in [6.45, 7) is 14.9. The van der Waals surface area contributed by atoms with Crippen molar-refractivity contribution in [3.8, 4) is 0 Å². The van der Waals surface area contributed by atoms with Gasteiger partial charge in [-0.15, -0.1) is 0 Å². The van der Waals surface area contributed by atoms with Crippen LogP contribution in [0.1, 0.15) is 34.1 Å². The summed E-state index contributed by atoms with van der Waals surface area (Å²) < 4.78 is 5.82. The summed E-state index contributed by atoms with van der Waals surface area (Å²) in [5.41, 5.74) is 0.483. The zero-order chi connectivity index (χ0) is 12.5. The zero-order valence-electron chi connectivity index (χ0n) is 11.8. The summed E-state index contributed by atoms with van der Waals surface area (Å²) in [5.74, 6) is 0.756. The number of ether oxygens (including phenoxy) is 1. The van der Waals surface area contributed by atoms with Crippen molar-refractivity contribution < 1.29 is 4.74 Å². The molecule has 0 aromatic heterocycles. The number of rotatable bonds is 3. The van der Waals surface area contributed by atoms with Crippen LogP contribution in [0.2, 0.25) is 0 Å². The van der Waals surface area contributed by atoms with Crippen molar-refractivity contribution in [2.24, 2.45) is 11.3 Å². The lowest BCUT2D eigenvalue weighted by Crippen LogP contribution is -2.51. The molecule has 0 aliphatic carbocycles. The highest BCUT2D eigenvalue weighted by Crippen LogP contribution is 2.35. The van der Waals surface area contributed by atoms with Crippen molar-refractivity contribution in [1.29, 1.82) is 0 Å². The first kappa shape index (κ1) is 13.3. The van der Waals surface area contributed by atoms with Crippen LogP contribution >= 0.6 is 0 Å². The molecular formula is C14H28N2O. The van der Waals surface area contributed by atoms with Crippen molar-refractivity contribution >= 4 is 0 Å². The molecule has 2 fully saturated rings. The third-order valence-corrected chi connectivity index (χ3v) is 4.54. The summed E-state index contributed by atoms with van der Waals surface area (Å²) in [4.78, 5) is 2.62. The molecule has 0 radical (unpaired) electrons. The zero-order valence-corrected chi connectivity index (χ0v) is 11.8. The summed E-state index contributed by atoms with van der Waals surface area (Å²) >= 11 is 0. The molecule has 3 heteroatoms. The van der Waals surface area contributed by atoms with Crippen LogP contribution in [0.25, 0.3) is 0 Å². The fourth-order valence-electron chi connectivity index (χ4n) is 3.43. The second-order valence-electron chi connectivity index (χ2n) is 6.40. The van der Waals surface area contributed by atoms with Crippen LogP contribution < -0.4 is 5.32 Å². The Morgan fingerprint density at radius 3 is 2.41 bits per heavy atom. The van der Waals surface area contributed by atoms with Gasteiger partial charge in [0, 0.05) is 26.2 Å². The Bertz CT molecular complexity index is 239. The Hall–Kier alpha value is -0.120. The Kier molecular flexibility index (Phi) is 4.11. The van der Waals surface area contributed by atoms with Gasteiger partial charge >= 0.3 is 0 Å². The third-order valence-electron chi connectivity index (χ3n) is 4.54. The molecular weight excluding hydrogens is 212 g/mol. The molecule has 3 unspecified atom stereocenters. The van der Waals surface area contributed by atoms with E-state index in [0.29, 0.717) is 17.6 Å². The second kappa shape index (κ2) is 5.25. The predicted octanol–water partition coefficient (Wildman–Crippen LogP) is 1.73. The minimum Gasteiger partial charge on any atom is -0.373 e.